The van der Waals surface area contributed by atoms with Crippen LogP contribution in [0.4, 0.5) is 0 Å². The van der Waals surface area contributed by atoms with Crippen molar-refractivity contribution in [1.29, 1.82) is 0 Å². The Labute approximate surface area is 131 Å². The smallest absolute Gasteiger partial charge is 0.855 e. The van der Waals surface area contributed by atoms with Crippen LogP contribution in [-0.2, 0) is 21.7 Å². The summed E-state index contributed by atoms with van der Waals surface area (Å²) in [5.74, 6) is 0. The molecular weight excluding hydrogens is 276 g/mol. The van der Waals surface area contributed by atoms with E-state index in [0.29, 0.717) is 0 Å². The predicted octanol–water partition coefficient (Wildman–Crippen LogP) is 0.656. The summed E-state index contributed by atoms with van der Waals surface area (Å²) < 4.78 is 0. The molecule has 0 aliphatic heterocycles. The molecule has 2 aromatic carbocycles. The fraction of sp³-hybridized carbons (Fsp3) is 0.400. The SMILES string of the molecule is CC[O-].CC[O-].CC[O-].[Ti+4].c1ccc2[cH-]ccc2c1. The predicted molar refractivity (Wildman–Crippen MR) is 71.2 cm³/mol. The monoisotopic (exact) mass is 298 g/mol. The largest absolute Gasteiger partial charge is 4.00 e. The van der Waals surface area contributed by atoms with Gasteiger partial charge in [0.1, 0.15) is 0 Å². The summed E-state index contributed by atoms with van der Waals surface area (Å²) in [6, 6.07) is 14.7. The fourth-order valence-electron chi connectivity index (χ4n) is 1.07. The van der Waals surface area contributed by atoms with E-state index < -0.39 is 0 Å². The van der Waals surface area contributed by atoms with E-state index in [0.717, 1.165) is 0 Å². The van der Waals surface area contributed by atoms with Crippen molar-refractivity contribution in [3.05, 3.63) is 42.5 Å². The average Bonchev–Trinajstić information content (AvgIpc) is 2.80. The van der Waals surface area contributed by atoms with Crippen LogP contribution in [0.2, 0.25) is 0 Å². The zero-order chi connectivity index (χ0) is 14.2. The Morgan fingerprint density at radius 2 is 1.26 bits per heavy atom. The van der Waals surface area contributed by atoms with Gasteiger partial charge in [-0.2, -0.15) is 17.5 Å². The molecule has 2 rings (SSSR count). The number of hydrogen-bond donors (Lipinski definition) is 0. The molecule has 19 heavy (non-hydrogen) atoms. The van der Waals surface area contributed by atoms with Crippen LogP contribution in [0.1, 0.15) is 20.8 Å². The van der Waals surface area contributed by atoms with Gasteiger partial charge in [0.05, 0.1) is 0 Å². The minimum absolute atomic E-state index is 0. The molecule has 2 aromatic rings. The van der Waals surface area contributed by atoms with Crippen LogP contribution in [0, 0.1) is 0 Å². The number of hydrogen-bond acceptors (Lipinski definition) is 3. The van der Waals surface area contributed by atoms with Crippen molar-refractivity contribution in [1.82, 2.24) is 0 Å². The molecule has 0 saturated carbocycles. The van der Waals surface area contributed by atoms with Gasteiger partial charge in [-0.05, 0) is 0 Å². The Kier molecular flexibility index (Phi) is 24.4. The van der Waals surface area contributed by atoms with Crippen LogP contribution >= 0.6 is 0 Å². The minimum Gasteiger partial charge on any atom is -0.855 e. The Morgan fingerprint density at radius 1 is 0.842 bits per heavy atom. The van der Waals surface area contributed by atoms with Gasteiger partial charge in [-0.3, -0.25) is 0 Å². The molecule has 0 radical (unpaired) electrons. The first-order valence-electron chi connectivity index (χ1n) is 6.06. The summed E-state index contributed by atoms with van der Waals surface area (Å²) in [5, 5.41) is 29.5. The van der Waals surface area contributed by atoms with E-state index in [9.17, 15) is 0 Å². The molecule has 0 unspecified atom stereocenters. The third-order valence-electron chi connectivity index (χ3n) is 1.55. The van der Waals surface area contributed by atoms with Gasteiger partial charge in [0.25, 0.3) is 0 Å². The molecule has 0 fully saturated rings. The van der Waals surface area contributed by atoms with Crippen LogP contribution in [0.5, 0.6) is 0 Å². The summed E-state index contributed by atoms with van der Waals surface area (Å²) in [6.07, 6.45) is 0. The molecule has 3 nitrogen and oxygen atoms in total. The maximum Gasteiger partial charge on any atom is 4.00 e. The van der Waals surface area contributed by atoms with Gasteiger partial charge in [0, 0.05) is 0 Å². The molecule has 0 heterocycles. The standard InChI is InChI=1S/C9H7.3C2H5O.Ti/c1-2-5-9-7-3-6-8(9)4-1;3*1-2-3;/h1-7H;3*2H2,1H3;/q4*-1;+4. The maximum absolute atomic E-state index is 8.93. The normalized spacial score (nSPS) is 7.68. The zero-order valence-electron chi connectivity index (χ0n) is 11.9. The Morgan fingerprint density at radius 3 is 1.68 bits per heavy atom. The Hall–Kier alpha value is -0.576. The van der Waals surface area contributed by atoms with Gasteiger partial charge in [0.2, 0.25) is 0 Å². The summed E-state index contributed by atoms with van der Waals surface area (Å²) in [6.45, 7) is 4.71. The van der Waals surface area contributed by atoms with Crippen LogP contribution in [0.3, 0.4) is 0 Å². The molecule has 0 amide bonds. The van der Waals surface area contributed by atoms with Gasteiger partial charge in [-0.1, -0.05) is 26.8 Å². The van der Waals surface area contributed by atoms with Crippen molar-refractivity contribution in [2.75, 3.05) is 19.8 Å². The van der Waals surface area contributed by atoms with Gasteiger partial charge in [-0.15, -0.1) is 49.5 Å². The van der Waals surface area contributed by atoms with E-state index in [4.69, 9.17) is 15.3 Å². The maximum atomic E-state index is 8.93. The van der Waals surface area contributed by atoms with Crippen molar-refractivity contribution >= 4 is 10.8 Å². The average molecular weight is 298 g/mol. The van der Waals surface area contributed by atoms with Gasteiger partial charge in [-0.25, -0.2) is 0 Å². The third-order valence-corrected chi connectivity index (χ3v) is 1.55. The van der Waals surface area contributed by atoms with Crippen molar-refractivity contribution in [2.45, 2.75) is 20.8 Å². The molecule has 0 N–H and O–H groups in total. The third kappa shape index (κ3) is 15.4. The number of rotatable bonds is 0. The van der Waals surface area contributed by atoms with E-state index >= 15 is 0 Å². The van der Waals surface area contributed by atoms with Crippen LogP contribution in [-0.4, -0.2) is 19.8 Å². The van der Waals surface area contributed by atoms with E-state index in [-0.39, 0.29) is 41.5 Å². The number of benzene rings is 1. The van der Waals surface area contributed by atoms with Crippen molar-refractivity contribution < 1.29 is 37.0 Å². The van der Waals surface area contributed by atoms with Gasteiger partial charge in [0.15, 0.2) is 0 Å². The summed E-state index contributed by atoms with van der Waals surface area (Å²) >= 11 is 0. The summed E-state index contributed by atoms with van der Waals surface area (Å²) in [4.78, 5) is 0. The quantitative estimate of drug-likeness (QED) is 0.530. The van der Waals surface area contributed by atoms with Gasteiger partial charge < -0.3 is 15.3 Å². The Bertz CT molecular complexity index is 326. The topological polar surface area (TPSA) is 69.2 Å². The van der Waals surface area contributed by atoms with E-state index in [1.807, 2.05) is 0 Å². The van der Waals surface area contributed by atoms with Crippen molar-refractivity contribution in [3.8, 4) is 0 Å². The van der Waals surface area contributed by atoms with E-state index in [1.54, 1.807) is 20.8 Å². The van der Waals surface area contributed by atoms with Crippen LogP contribution in [0.15, 0.2) is 42.5 Å². The molecule has 4 heteroatoms. The van der Waals surface area contributed by atoms with Crippen molar-refractivity contribution in [3.63, 3.8) is 0 Å². The molecule has 0 atom stereocenters. The number of fused-ring (bicyclic) bond motifs is 1. The molecule has 0 spiro atoms. The van der Waals surface area contributed by atoms with Crippen molar-refractivity contribution in [2.24, 2.45) is 0 Å². The molecule has 104 valence electrons. The minimum atomic E-state index is 0. The molecule has 0 saturated heterocycles. The van der Waals surface area contributed by atoms with E-state index in [2.05, 4.69) is 42.5 Å². The molecule has 0 aromatic heterocycles. The van der Waals surface area contributed by atoms with Gasteiger partial charge >= 0.3 is 21.7 Å². The molecule has 0 aliphatic rings. The second-order valence-corrected chi connectivity index (χ2v) is 3.02. The molecule has 0 bridgehead atoms. The molecular formula is C15H22O3Ti. The summed E-state index contributed by atoms with van der Waals surface area (Å²) in [7, 11) is 0. The second-order valence-electron chi connectivity index (χ2n) is 3.02. The fourth-order valence-corrected chi connectivity index (χ4v) is 1.07. The first-order valence-corrected chi connectivity index (χ1v) is 6.06. The first kappa shape index (κ1) is 23.5. The second kappa shape index (κ2) is 19.8. The Balaban J connectivity index is -0.000000220. The van der Waals surface area contributed by atoms with Crippen LogP contribution < -0.4 is 15.3 Å². The summed E-state index contributed by atoms with van der Waals surface area (Å²) in [5.41, 5.74) is 0. The van der Waals surface area contributed by atoms with E-state index in [1.165, 1.54) is 10.8 Å². The molecule has 0 aliphatic carbocycles. The first-order chi connectivity index (χ1) is 8.71. The zero-order valence-corrected chi connectivity index (χ0v) is 13.4. The van der Waals surface area contributed by atoms with Crippen LogP contribution in [0.25, 0.3) is 10.8 Å².